The molecule has 122 valence electrons. The molecule has 23 heavy (non-hydrogen) atoms. The van der Waals surface area contributed by atoms with Gasteiger partial charge in [0, 0.05) is 32.8 Å². The number of amides is 2. The molecule has 0 aliphatic rings. The van der Waals surface area contributed by atoms with Crippen molar-refractivity contribution in [2.75, 3.05) is 20.2 Å². The van der Waals surface area contributed by atoms with Gasteiger partial charge < -0.3 is 20.7 Å². The molecule has 1 aromatic rings. The van der Waals surface area contributed by atoms with Gasteiger partial charge in [-0.15, -0.1) is 0 Å². The average Bonchev–Trinajstić information content (AvgIpc) is 2.56. The first kappa shape index (κ1) is 18.0. The highest BCUT2D eigenvalue weighted by Gasteiger charge is 2.08. The maximum absolute atomic E-state index is 11.9. The highest BCUT2D eigenvalue weighted by Crippen LogP contribution is 2.11. The van der Waals surface area contributed by atoms with Crippen LogP contribution in [0.5, 0.6) is 5.75 Å². The topological polar surface area (TPSA) is 103 Å². The minimum atomic E-state index is -0.463. The summed E-state index contributed by atoms with van der Waals surface area (Å²) in [6.45, 7) is 2.57. The van der Waals surface area contributed by atoms with Crippen LogP contribution in [-0.2, 0) is 16.1 Å². The number of methoxy groups -OCH3 is 1. The van der Waals surface area contributed by atoms with Crippen LogP contribution >= 0.6 is 0 Å². The molecule has 0 saturated heterocycles. The fraction of sp³-hybridized carbons (Fsp3) is 0.312. The number of hydrogen-bond acceptors (Lipinski definition) is 5. The Labute approximate surface area is 135 Å². The molecule has 0 unspecified atom stereocenters. The summed E-state index contributed by atoms with van der Waals surface area (Å²) in [6.07, 6.45) is 1.34. The zero-order valence-corrected chi connectivity index (χ0v) is 13.2. The number of nitriles is 1. The summed E-state index contributed by atoms with van der Waals surface area (Å²) < 4.78 is 5.06. The van der Waals surface area contributed by atoms with Crippen LogP contribution in [0.15, 0.2) is 36.0 Å². The third-order valence-electron chi connectivity index (χ3n) is 2.87. The van der Waals surface area contributed by atoms with Crippen molar-refractivity contribution in [1.29, 1.82) is 5.26 Å². The normalized spacial score (nSPS) is 10.4. The lowest BCUT2D eigenvalue weighted by Gasteiger charge is -2.06. The number of nitrogens with zero attached hydrogens (tertiary/aromatic N) is 1. The molecule has 3 N–H and O–H groups in total. The molecule has 1 rings (SSSR count). The fourth-order valence-corrected chi connectivity index (χ4v) is 1.65. The fourth-order valence-electron chi connectivity index (χ4n) is 1.65. The van der Waals surface area contributed by atoms with Gasteiger partial charge in [-0.1, -0.05) is 12.1 Å². The summed E-state index contributed by atoms with van der Waals surface area (Å²) >= 11 is 0. The molecule has 2 amide bonds. The van der Waals surface area contributed by atoms with E-state index in [0.717, 1.165) is 11.3 Å². The molecule has 0 fully saturated rings. The monoisotopic (exact) mass is 316 g/mol. The van der Waals surface area contributed by atoms with E-state index in [1.807, 2.05) is 18.2 Å². The van der Waals surface area contributed by atoms with E-state index in [-0.39, 0.29) is 11.5 Å². The summed E-state index contributed by atoms with van der Waals surface area (Å²) in [4.78, 5) is 22.6. The van der Waals surface area contributed by atoms with Gasteiger partial charge in [-0.2, -0.15) is 5.26 Å². The van der Waals surface area contributed by atoms with E-state index in [1.54, 1.807) is 19.2 Å². The standard InChI is InChI=1S/C16H20N4O3/c1-12(21)19-8-7-18-11-14(9-17)16(22)20-10-13-3-5-15(23-2)6-4-13/h3-6,11,18H,7-8,10H2,1-2H3,(H,19,21)(H,20,22)/b14-11-. The van der Waals surface area contributed by atoms with Crippen LogP contribution in [0.25, 0.3) is 0 Å². The van der Waals surface area contributed by atoms with Crippen molar-refractivity contribution in [3.63, 3.8) is 0 Å². The quantitative estimate of drug-likeness (QED) is 0.367. The van der Waals surface area contributed by atoms with E-state index in [0.29, 0.717) is 19.6 Å². The number of ether oxygens (including phenoxy) is 1. The summed E-state index contributed by atoms with van der Waals surface area (Å²) in [7, 11) is 1.58. The van der Waals surface area contributed by atoms with Crippen LogP contribution < -0.4 is 20.7 Å². The Balaban J connectivity index is 2.43. The van der Waals surface area contributed by atoms with Crippen LogP contribution in [-0.4, -0.2) is 32.0 Å². The minimum Gasteiger partial charge on any atom is -0.497 e. The molecule has 7 heteroatoms. The highest BCUT2D eigenvalue weighted by molar-refractivity contribution is 5.97. The average molecular weight is 316 g/mol. The molecule has 0 saturated carbocycles. The van der Waals surface area contributed by atoms with Crippen LogP contribution in [0, 0.1) is 11.3 Å². The second-order valence-corrected chi connectivity index (χ2v) is 4.64. The van der Waals surface area contributed by atoms with Gasteiger partial charge in [0.1, 0.15) is 17.4 Å². The Hall–Kier alpha value is -3.01. The Morgan fingerprint density at radius 2 is 1.91 bits per heavy atom. The molecule has 0 bridgehead atoms. The van der Waals surface area contributed by atoms with E-state index >= 15 is 0 Å². The van der Waals surface area contributed by atoms with E-state index in [9.17, 15) is 9.59 Å². The summed E-state index contributed by atoms with van der Waals surface area (Å²) in [5.41, 5.74) is 0.872. The summed E-state index contributed by atoms with van der Waals surface area (Å²) in [5, 5.41) is 17.1. The van der Waals surface area contributed by atoms with E-state index in [2.05, 4.69) is 16.0 Å². The number of hydrogen-bond donors (Lipinski definition) is 3. The Bertz CT molecular complexity index is 603. The van der Waals surface area contributed by atoms with Crippen molar-refractivity contribution < 1.29 is 14.3 Å². The third-order valence-corrected chi connectivity index (χ3v) is 2.87. The van der Waals surface area contributed by atoms with E-state index in [1.165, 1.54) is 13.1 Å². The molecule has 0 aliphatic heterocycles. The van der Waals surface area contributed by atoms with Crippen molar-refractivity contribution in [1.82, 2.24) is 16.0 Å². The lowest BCUT2D eigenvalue weighted by Crippen LogP contribution is -2.29. The second kappa shape index (κ2) is 9.84. The van der Waals surface area contributed by atoms with Gasteiger partial charge in [0.25, 0.3) is 5.91 Å². The van der Waals surface area contributed by atoms with Gasteiger partial charge in [0.05, 0.1) is 7.11 Å². The van der Waals surface area contributed by atoms with Crippen LogP contribution in [0.3, 0.4) is 0 Å². The number of carbonyl (C=O) groups excluding carboxylic acids is 2. The van der Waals surface area contributed by atoms with Crippen molar-refractivity contribution >= 4 is 11.8 Å². The van der Waals surface area contributed by atoms with Gasteiger partial charge in [-0.25, -0.2) is 0 Å². The molecule has 0 atom stereocenters. The van der Waals surface area contributed by atoms with Gasteiger partial charge >= 0.3 is 0 Å². The minimum absolute atomic E-state index is 0.0265. The molecular formula is C16H20N4O3. The van der Waals surface area contributed by atoms with Gasteiger partial charge in [-0.05, 0) is 17.7 Å². The predicted molar refractivity (Wildman–Crippen MR) is 85.2 cm³/mol. The van der Waals surface area contributed by atoms with Crippen molar-refractivity contribution in [3.8, 4) is 11.8 Å². The zero-order chi connectivity index (χ0) is 17.1. The largest absolute Gasteiger partial charge is 0.497 e. The maximum Gasteiger partial charge on any atom is 0.263 e. The number of carbonyl (C=O) groups is 2. The summed E-state index contributed by atoms with van der Waals surface area (Å²) in [5.74, 6) is 0.143. The van der Waals surface area contributed by atoms with Crippen LogP contribution in [0.2, 0.25) is 0 Å². The first-order chi connectivity index (χ1) is 11.1. The van der Waals surface area contributed by atoms with Gasteiger partial charge in [0.15, 0.2) is 0 Å². The molecule has 0 radical (unpaired) electrons. The molecular weight excluding hydrogens is 296 g/mol. The van der Waals surface area contributed by atoms with Crippen LogP contribution in [0.1, 0.15) is 12.5 Å². The SMILES string of the molecule is COc1ccc(CNC(=O)/C(C#N)=C\NCCNC(C)=O)cc1. The number of rotatable bonds is 8. The third kappa shape index (κ3) is 7.00. The lowest BCUT2D eigenvalue weighted by molar-refractivity contribution is -0.119. The molecule has 0 aromatic heterocycles. The number of nitrogens with one attached hydrogen (secondary N) is 3. The zero-order valence-electron chi connectivity index (χ0n) is 13.2. The molecule has 0 aliphatic carbocycles. The molecule has 1 aromatic carbocycles. The first-order valence-electron chi connectivity index (χ1n) is 7.06. The summed E-state index contributed by atoms with van der Waals surface area (Å²) in [6, 6.07) is 9.10. The van der Waals surface area contributed by atoms with Gasteiger partial charge in [0.2, 0.25) is 5.91 Å². The van der Waals surface area contributed by atoms with Crippen molar-refractivity contribution in [3.05, 3.63) is 41.6 Å². The Kier molecular flexibility index (Phi) is 7.72. The van der Waals surface area contributed by atoms with Gasteiger partial charge in [-0.3, -0.25) is 9.59 Å². The predicted octanol–water partition coefficient (Wildman–Crippen LogP) is 0.445. The second-order valence-electron chi connectivity index (χ2n) is 4.64. The van der Waals surface area contributed by atoms with Crippen molar-refractivity contribution in [2.24, 2.45) is 0 Å². The smallest absolute Gasteiger partial charge is 0.263 e. The molecule has 0 spiro atoms. The molecule has 7 nitrogen and oxygen atoms in total. The number of benzene rings is 1. The highest BCUT2D eigenvalue weighted by atomic mass is 16.5. The van der Waals surface area contributed by atoms with E-state index < -0.39 is 5.91 Å². The molecule has 0 heterocycles. The Morgan fingerprint density at radius 1 is 1.22 bits per heavy atom. The Morgan fingerprint density at radius 3 is 2.48 bits per heavy atom. The first-order valence-corrected chi connectivity index (χ1v) is 7.06. The van der Waals surface area contributed by atoms with Crippen molar-refractivity contribution in [2.45, 2.75) is 13.5 Å². The lowest BCUT2D eigenvalue weighted by atomic mass is 10.2. The van der Waals surface area contributed by atoms with Crippen LogP contribution in [0.4, 0.5) is 0 Å². The maximum atomic E-state index is 11.9. The van der Waals surface area contributed by atoms with E-state index in [4.69, 9.17) is 10.00 Å².